The molecule has 1 aliphatic heterocycles. The summed E-state index contributed by atoms with van der Waals surface area (Å²) in [4.78, 5) is 2.38. The van der Waals surface area contributed by atoms with Crippen molar-refractivity contribution >= 4 is 11.4 Å². The van der Waals surface area contributed by atoms with Gasteiger partial charge in [0.1, 0.15) is 11.5 Å². The summed E-state index contributed by atoms with van der Waals surface area (Å²) in [7, 11) is 0. The molecule has 1 heterocycles. The van der Waals surface area contributed by atoms with E-state index < -0.39 is 0 Å². The molecule has 0 saturated carbocycles. The van der Waals surface area contributed by atoms with Gasteiger partial charge in [-0.1, -0.05) is 30.3 Å². The lowest BCUT2D eigenvalue weighted by Gasteiger charge is -2.39. The van der Waals surface area contributed by atoms with Crippen LogP contribution in [-0.2, 0) is 6.42 Å². The van der Waals surface area contributed by atoms with E-state index >= 15 is 0 Å². The molecule has 0 aromatic heterocycles. The lowest BCUT2D eigenvalue weighted by atomic mass is 9.90. The normalized spacial score (nSPS) is 16.2. The number of hydrogen-bond acceptors (Lipinski definition) is 3. The van der Waals surface area contributed by atoms with Crippen LogP contribution in [0, 0.1) is 0 Å². The van der Waals surface area contributed by atoms with E-state index in [1.807, 2.05) is 25.1 Å². The van der Waals surface area contributed by atoms with Crippen molar-refractivity contribution in [1.29, 1.82) is 0 Å². The third kappa shape index (κ3) is 3.13. The molecule has 1 atom stereocenters. The summed E-state index contributed by atoms with van der Waals surface area (Å²) in [6.45, 7) is 2.68. The van der Waals surface area contributed by atoms with E-state index in [0.717, 1.165) is 24.3 Å². The molecule has 3 nitrogen and oxygen atoms in total. The fraction of sp³-hybridized carbons (Fsp3) is 0.217. The summed E-state index contributed by atoms with van der Waals surface area (Å²) < 4.78 is 5.69. The number of ether oxygens (including phenoxy) is 1. The Hall–Kier alpha value is -2.94. The second-order valence-corrected chi connectivity index (χ2v) is 6.58. The zero-order chi connectivity index (χ0) is 17.9. The first-order valence-corrected chi connectivity index (χ1v) is 9.15. The summed E-state index contributed by atoms with van der Waals surface area (Å²) >= 11 is 0. The molecular formula is C23H23NO2. The highest BCUT2D eigenvalue weighted by atomic mass is 16.5. The molecule has 3 aromatic rings. The van der Waals surface area contributed by atoms with Crippen molar-refractivity contribution in [2.24, 2.45) is 0 Å². The van der Waals surface area contributed by atoms with Crippen LogP contribution < -0.4 is 9.64 Å². The van der Waals surface area contributed by atoms with Crippen LogP contribution in [0.25, 0.3) is 0 Å². The molecule has 26 heavy (non-hydrogen) atoms. The first-order chi connectivity index (χ1) is 12.8. The molecule has 1 N–H and O–H groups in total. The molecule has 132 valence electrons. The Balaban J connectivity index is 1.81. The van der Waals surface area contributed by atoms with Crippen LogP contribution in [0.15, 0.2) is 72.8 Å². The van der Waals surface area contributed by atoms with Crippen molar-refractivity contribution in [3.8, 4) is 11.5 Å². The van der Waals surface area contributed by atoms with Gasteiger partial charge in [0.2, 0.25) is 0 Å². The van der Waals surface area contributed by atoms with E-state index in [0.29, 0.717) is 6.61 Å². The predicted molar refractivity (Wildman–Crippen MR) is 105 cm³/mol. The molecule has 0 bridgehead atoms. The largest absolute Gasteiger partial charge is 0.508 e. The van der Waals surface area contributed by atoms with E-state index in [2.05, 4.69) is 47.4 Å². The van der Waals surface area contributed by atoms with Crippen LogP contribution in [0.1, 0.15) is 30.5 Å². The standard InChI is InChI=1S/C23H23NO2/c1-2-26-21-13-15-23-18(16-21)8-14-22(17-6-4-3-5-7-17)24(23)19-9-11-20(25)12-10-19/h3-7,9-13,15-16,22,25H,2,8,14H2,1H3. The first kappa shape index (κ1) is 16.5. The van der Waals surface area contributed by atoms with Gasteiger partial charge in [-0.05, 0) is 73.4 Å². The summed E-state index contributed by atoms with van der Waals surface area (Å²) in [5.41, 5.74) is 4.90. The van der Waals surface area contributed by atoms with Gasteiger partial charge < -0.3 is 14.7 Å². The number of aryl methyl sites for hydroxylation is 1. The molecule has 0 radical (unpaired) electrons. The maximum atomic E-state index is 9.69. The molecule has 0 aliphatic carbocycles. The molecule has 1 aliphatic rings. The summed E-state index contributed by atoms with van der Waals surface area (Å²) in [6, 6.07) is 24.7. The average Bonchev–Trinajstić information content (AvgIpc) is 2.69. The predicted octanol–water partition coefficient (Wildman–Crippen LogP) is 5.62. The molecule has 3 aromatic carbocycles. The van der Waals surface area contributed by atoms with Crippen molar-refractivity contribution in [3.05, 3.63) is 83.9 Å². The van der Waals surface area contributed by atoms with E-state index in [9.17, 15) is 5.11 Å². The Bertz CT molecular complexity index is 874. The summed E-state index contributed by atoms with van der Waals surface area (Å²) in [6.07, 6.45) is 2.05. The SMILES string of the molecule is CCOc1ccc2c(c1)CCC(c1ccccc1)N2c1ccc(O)cc1. The number of nitrogens with zero attached hydrogens (tertiary/aromatic N) is 1. The van der Waals surface area contributed by atoms with Crippen LogP contribution >= 0.6 is 0 Å². The van der Waals surface area contributed by atoms with Gasteiger partial charge in [0.05, 0.1) is 12.6 Å². The van der Waals surface area contributed by atoms with Gasteiger partial charge in [0.15, 0.2) is 0 Å². The number of phenolic OH excluding ortho intramolecular Hbond substituents is 1. The zero-order valence-electron chi connectivity index (χ0n) is 14.9. The zero-order valence-corrected chi connectivity index (χ0v) is 14.9. The monoisotopic (exact) mass is 345 g/mol. The first-order valence-electron chi connectivity index (χ1n) is 9.15. The van der Waals surface area contributed by atoms with Crippen LogP contribution in [0.3, 0.4) is 0 Å². The fourth-order valence-electron chi connectivity index (χ4n) is 3.77. The average molecular weight is 345 g/mol. The van der Waals surface area contributed by atoms with E-state index in [1.54, 1.807) is 12.1 Å². The molecule has 3 heteroatoms. The Kier molecular flexibility index (Phi) is 4.53. The highest BCUT2D eigenvalue weighted by Crippen LogP contribution is 2.44. The van der Waals surface area contributed by atoms with Gasteiger partial charge in [0, 0.05) is 11.4 Å². The van der Waals surface area contributed by atoms with Crippen LogP contribution in [0.5, 0.6) is 11.5 Å². The lowest BCUT2D eigenvalue weighted by Crippen LogP contribution is -2.29. The molecule has 0 spiro atoms. The number of fused-ring (bicyclic) bond motifs is 1. The van der Waals surface area contributed by atoms with Crippen molar-refractivity contribution in [2.45, 2.75) is 25.8 Å². The molecule has 0 saturated heterocycles. The smallest absolute Gasteiger partial charge is 0.119 e. The van der Waals surface area contributed by atoms with E-state index in [4.69, 9.17) is 4.74 Å². The maximum absolute atomic E-state index is 9.69. The number of phenols is 1. The van der Waals surface area contributed by atoms with E-state index in [1.165, 1.54) is 16.8 Å². The second-order valence-electron chi connectivity index (χ2n) is 6.58. The highest BCUT2D eigenvalue weighted by molar-refractivity contribution is 5.71. The van der Waals surface area contributed by atoms with Gasteiger partial charge in [-0.15, -0.1) is 0 Å². The summed E-state index contributed by atoms with van der Waals surface area (Å²) in [5.74, 6) is 1.21. The molecule has 0 amide bonds. The third-order valence-corrected chi connectivity index (χ3v) is 4.93. The van der Waals surface area contributed by atoms with Crippen molar-refractivity contribution in [3.63, 3.8) is 0 Å². The topological polar surface area (TPSA) is 32.7 Å². The number of aromatic hydroxyl groups is 1. The minimum atomic E-state index is 0.270. The van der Waals surface area contributed by atoms with Gasteiger partial charge in [-0.3, -0.25) is 0 Å². The number of anilines is 2. The fourth-order valence-corrected chi connectivity index (χ4v) is 3.77. The minimum absolute atomic E-state index is 0.270. The molecular weight excluding hydrogens is 322 g/mol. The number of hydrogen-bond donors (Lipinski definition) is 1. The maximum Gasteiger partial charge on any atom is 0.119 e. The van der Waals surface area contributed by atoms with Crippen LogP contribution in [-0.4, -0.2) is 11.7 Å². The summed E-state index contributed by atoms with van der Waals surface area (Å²) in [5, 5.41) is 9.69. The minimum Gasteiger partial charge on any atom is -0.508 e. The van der Waals surface area contributed by atoms with Gasteiger partial charge in [-0.2, -0.15) is 0 Å². The van der Waals surface area contributed by atoms with Crippen LogP contribution in [0.2, 0.25) is 0 Å². The Morgan fingerprint density at radius 3 is 2.50 bits per heavy atom. The molecule has 1 unspecified atom stereocenters. The van der Waals surface area contributed by atoms with Crippen molar-refractivity contribution in [2.75, 3.05) is 11.5 Å². The van der Waals surface area contributed by atoms with Crippen LogP contribution in [0.4, 0.5) is 11.4 Å². The Morgan fingerprint density at radius 1 is 1.00 bits per heavy atom. The Morgan fingerprint density at radius 2 is 1.77 bits per heavy atom. The van der Waals surface area contributed by atoms with E-state index in [-0.39, 0.29) is 11.8 Å². The molecule has 4 rings (SSSR count). The van der Waals surface area contributed by atoms with Crippen molar-refractivity contribution in [1.82, 2.24) is 0 Å². The quantitative estimate of drug-likeness (QED) is 0.666. The lowest BCUT2D eigenvalue weighted by molar-refractivity contribution is 0.339. The third-order valence-electron chi connectivity index (χ3n) is 4.93. The van der Waals surface area contributed by atoms with Gasteiger partial charge in [0.25, 0.3) is 0 Å². The van der Waals surface area contributed by atoms with Gasteiger partial charge >= 0.3 is 0 Å². The number of benzene rings is 3. The molecule has 0 fully saturated rings. The Labute approximate surface area is 154 Å². The van der Waals surface area contributed by atoms with Crippen molar-refractivity contribution < 1.29 is 9.84 Å². The number of rotatable bonds is 4. The van der Waals surface area contributed by atoms with Gasteiger partial charge in [-0.25, -0.2) is 0 Å². The second kappa shape index (κ2) is 7.12. The highest BCUT2D eigenvalue weighted by Gasteiger charge is 2.29.